The second-order valence-electron chi connectivity index (χ2n) is 7.21. The third-order valence-corrected chi connectivity index (χ3v) is 4.78. The number of ether oxygens (including phenoxy) is 3. The lowest BCUT2D eigenvalue weighted by Gasteiger charge is -2.14. The predicted molar refractivity (Wildman–Crippen MR) is 117 cm³/mol. The SMILES string of the molecule is CO/C=C(/C(=O)OC)c1ccccc1/C(=N\OCCCc1ccccn1)OCC1CC1. The van der Waals surface area contributed by atoms with Crippen LogP contribution in [0.4, 0.5) is 0 Å². The normalized spacial score (nSPS) is 14.1. The summed E-state index contributed by atoms with van der Waals surface area (Å²) in [7, 11) is 2.81. The molecule has 0 radical (unpaired) electrons. The molecule has 0 atom stereocenters. The molecule has 0 bridgehead atoms. The van der Waals surface area contributed by atoms with Gasteiger partial charge in [0, 0.05) is 23.0 Å². The first-order chi connectivity index (χ1) is 15.2. The fourth-order valence-electron chi connectivity index (χ4n) is 2.96. The molecule has 0 saturated heterocycles. The van der Waals surface area contributed by atoms with E-state index in [1.54, 1.807) is 12.3 Å². The molecule has 0 spiro atoms. The standard InChI is InChI=1S/C24H28N2O5/c1-28-17-22(24(27)29-2)20-10-3-4-11-21(20)23(30-16-18-12-13-18)26-31-15-7-9-19-8-5-6-14-25-19/h3-6,8,10-11,14,17-18H,7,9,12-13,15-16H2,1-2H3/b22-17+,26-23+. The molecule has 1 saturated carbocycles. The summed E-state index contributed by atoms with van der Waals surface area (Å²) < 4.78 is 16.0. The molecule has 0 unspecified atom stereocenters. The van der Waals surface area contributed by atoms with Crippen LogP contribution in [0.3, 0.4) is 0 Å². The number of aryl methyl sites for hydroxylation is 1. The molecule has 1 heterocycles. The highest BCUT2D eigenvalue weighted by atomic mass is 16.6. The van der Waals surface area contributed by atoms with E-state index in [0.717, 1.165) is 31.4 Å². The Morgan fingerprint density at radius 3 is 2.58 bits per heavy atom. The van der Waals surface area contributed by atoms with Crippen molar-refractivity contribution in [2.75, 3.05) is 27.4 Å². The zero-order valence-corrected chi connectivity index (χ0v) is 18.0. The molecule has 7 nitrogen and oxygen atoms in total. The second kappa shape index (κ2) is 11.7. The topological polar surface area (TPSA) is 79.2 Å². The van der Waals surface area contributed by atoms with Gasteiger partial charge in [-0.2, -0.15) is 0 Å². The fraction of sp³-hybridized carbons (Fsp3) is 0.375. The van der Waals surface area contributed by atoms with Crippen molar-refractivity contribution in [3.63, 3.8) is 0 Å². The number of carbonyl (C=O) groups is 1. The van der Waals surface area contributed by atoms with Crippen LogP contribution in [0, 0.1) is 5.92 Å². The summed E-state index contributed by atoms with van der Waals surface area (Å²) in [6.07, 6.45) is 7.01. The van der Waals surface area contributed by atoms with Crippen molar-refractivity contribution in [1.82, 2.24) is 4.98 Å². The Bertz CT molecular complexity index is 907. The number of aromatic nitrogens is 1. The van der Waals surface area contributed by atoms with Gasteiger partial charge in [0.2, 0.25) is 0 Å². The van der Waals surface area contributed by atoms with Gasteiger partial charge < -0.3 is 19.0 Å². The minimum absolute atomic E-state index is 0.276. The Hall–Kier alpha value is -3.35. The molecule has 0 N–H and O–H groups in total. The number of oxime groups is 1. The number of hydrogen-bond donors (Lipinski definition) is 0. The molecule has 164 valence electrons. The molecular formula is C24H28N2O5. The molecular weight excluding hydrogens is 396 g/mol. The van der Waals surface area contributed by atoms with Crippen LogP contribution in [0.25, 0.3) is 5.57 Å². The van der Waals surface area contributed by atoms with Crippen molar-refractivity contribution in [2.45, 2.75) is 25.7 Å². The molecule has 1 aliphatic carbocycles. The number of hydrogen-bond acceptors (Lipinski definition) is 7. The summed E-state index contributed by atoms with van der Waals surface area (Å²) in [6.45, 7) is 0.985. The number of benzene rings is 1. The van der Waals surface area contributed by atoms with E-state index in [-0.39, 0.29) is 5.57 Å². The van der Waals surface area contributed by atoms with E-state index in [1.807, 2.05) is 36.4 Å². The molecule has 3 rings (SSSR count). The van der Waals surface area contributed by atoms with Gasteiger partial charge in [-0.15, -0.1) is 0 Å². The van der Waals surface area contributed by atoms with Gasteiger partial charge in [0.1, 0.15) is 12.2 Å². The van der Waals surface area contributed by atoms with Crippen LogP contribution in [-0.4, -0.2) is 44.3 Å². The lowest BCUT2D eigenvalue weighted by molar-refractivity contribution is -0.133. The first kappa shape index (κ1) is 22.3. The number of esters is 1. The molecule has 2 aromatic rings. The summed E-state index contributed by atoms with van der Waals surface area (Å²) in [5, 5.41) is 4.27. The van der Waals surface area contributed by atoms with Crippen LogP contribution in [-0.2, 0) is 30.3 Å². The molecule has 31 heavy (non-hydrogen) atoms. The first-order valence-electron chi connectivity index (χ1n) is 10.4. The summed E-state index contributed by atoms with van der Waals surface area (Å²) in [5.41, 5.74) is 2.53. The second-order valence-corrected chi connectivity index (χ2v) is 7.21. The largest absolute Gasteiger partial charge is 0.503 e. The van der Waals surface area contributed by atoms with Gasteiger partial charge in [-0.1, -0.05) is 24.3 Å². The number of methoxy groups -OCH3 is 2. The van der Waals surface area contributed by atoms with Crippen molar-refractivity contribution in [3.8, 4) is 0 Å². The average Bonchev–Trinajstić information content (AvgIpc) is 3.64. The number of pyridine rings is 1. The quantitative estimate of drug-likeness (QED) is 0.103. The Balaban J connectivity index is 1.75. The van der Waals surface area contributed by atoms with E-state index < -0.39 is 5.97 Å². The van der Waals surface area contributed by atoms with E-state index in [2.05, 4.69) is 10.1 Å². The van der Waals surface area contributed by atoms with Crippen molar-refractivity contribution in [2.24, 2.45) is 11.1 Å². The third-order valence-electron chi connectivity index (χ3n) is 4.78. The van der Waals surface area contributed by atoms with Gasteiger partial charge in [-0.25, -0.2) is 4.79 Å². The average molecular weight is 424 g/mol. The fourth-order valence-corrected chi connectivity index (χ4v) is 2.96. The maximum absolute atomic E-state index is 12.3. The Kier molecular flexibility index (Phi) is 8.46. The van der Waals surface area contributed by atoms with Gasteiger partial charge in [-0.05, 0) is 55.0 Å². The van der Waals surface area contributed by atoms with Gasteiger partial charge in [-0.3, -0.25) is 4.98 Å². The lowest BCUT2D eigenvalue weighted by atomic mass is 10.0. The maximum Gasteiger partial charge on any atom is 0.341 e. The van der Waals surface area contributed by atoms with Gasteiger partial charge in [0.25, 0.3) is 5.90 Å². The Labute approximate surface area is 182 Å². The molecule has 1 aromatic carbocycles. The van der Waals surface area contributed by atoms with Crippen molar-refractivity contribution in [3.05, 3.63) is 71.7 Å². The summed E-state index contributed by atoms with van der Waals surface area (Å²) in [5.74, 6) is 0.370. The van der Waals surface area contributed by atoms with E-state index in [1.165, 1.54) is 20.5 Å². The van der Waals surface area contributed by atoms with Crippen molar-refractivity contribution in [1.29, 1.82) is 0 Å². The van der Waals surface area contributed by atoms with E-state index in [4.69, 9.17) is 19.0 Å². The van der Waals surface area contributed by atoms with Crippen LogP contribution < -0.4 is 0 Å². The summed E-state index contributed by atoms with van der Waals surface area (Å²) in [6, 6.07) is 13.2. The zero-order valence-electron chi connectivity index (χ0n) is 18.0. The smallest absolute Gasteiger partial charge is 0.341 e. The van der Waals surface area contributed by atoms with Crippen molar-refractivity contribution < 1.29 is 23.8 Å². The van der Waals surface area contributed by atoms with Gasteiger partial charge in [0.15, 0.2) is 0 Å². The highest BCUT2D eigenvalue weighted by Crippen LogP contribution is 2.30. The monoisotopic (exact) mass is 424 g/mol. The highest BCUT2D eigenvalue weighted by Gasteiger charge is 2.25. The summed E-state index contributed by atoms with van der Waals surface area (Å²) in [4.78, 5) is 22.2. The van der Waals surface area contributed by atoms with E-state index >= 15 is 0 Å². The maximum atomic E-state index is 12.3. The minimum atomic E-state index is -0.507. The zero-order chi connectivity index (χ0) is 21.9. The summed E-state index contributed by atoms with van der Waals surface area (Å²) >= 11 is 0. The molecule has 1 fully saturated rings. The Morgan fingerprint density at radius 1 is 1.13 bits per heavy atom. The number of rotatable bonds is 11. The van der Waals surface area contributed by atoms with E-state index in [9.17, 15) is 4.79 Å². The van der Waals surface area contributed by atoms with E-state index in [0.29, 0.717) is 36.2 Å². The van der Waals surface area contributed by atoms with Crippen LogP contribution in [0.15, 0.2) is 60.1 Å². The molecule has 0 aliphatic heterocycles. The van der Waals surface area contributed by atoms with Crippen LogP contribution in [0.5, 0.6) is 0 Å². The third kappa shape index (κ3) is 6.84. The number of carbonyl (C=O) groups excluding carboxylic acids is 1. The Morgan fingerprint density at radius 2 is 1.90 bits per heavy atom. The first-order valence-corrected chi connectivity index (χ1v) is 10.4. The highest BCUT2D eigenvalue weighted by molar-refractivity contribution is 6.19. The van der Waals surface area contributed by atoms with Crippen LogP contribution in [0.1, 0.15) is 36.1 Å². The molecule has 1 aliphatic rings. The lowest BCUT2D eigenvalue weighted by Crippen LogP contribution is -2.15. The van der Waals surface area contributed by atoms with Crippen molar-refractivity contribution >= 4 is 17.4 Å². The van der Waals surface area contributed by atoms with Gasteiger partial charge >= 0.3 is 5.97 Å². The van der Waals surface area contributed by atoms with Crippen LogP contribution in [0.2, 0.25) is 0 Å². The molecule has 7 heteroatoms. The van der Waals surface area contributed by atoms with Crippen LogP contribution >= 0.6 is 0 Å². The molecule has 1 aromatic heterocycles. The minimum Gasteiger partial charge on any atom is -0.503 e. The predicted octanol–water partition coefficient (Wildman–Crippen LogP) is 3.98. The molecule has 0 amide bonds. The number of nitrogens with zero attached hydrogens (tertiary/aromatic N) is 2. The van der Waals surface area contributed by atoms with Gasteiger partial charge in [0.05, 0.1) is 27.1 Å².